The summed E-state index contributed by atoms with van der Waals surface area (Å²) in [5, 5.41) is 8.75. The quantitative estimate of drug-likeness (QED) is 0.267. The highest BCUT2D eigenvalue weighted by atomic mass is 16.2. The molecular weight excluding hydrogens is 600 g/mol. The van der Waals surface area contributed by atoms with Crippen molar-refractivity contribution in [2.45, 2.75) is 71.9 Å². The second kappa shape index (κ2) is 15.1. The second-order valence-corrected chi connectivity index (χ2v) is 12.3. The number of aryl methyl sites for hydroxylation is 2. The Morgan fingerprint density at radius 3 is 2.60 bits per heavy atom. The van der Waals surface area contributed by atoms with Gasteiger partial charge in [-0.3, -0.25) is 23.7 Å². The first kappa shape index (κ1) is 33.4. The predicted octanol–water partition coefficient (Wildman–Crippen LogP) is 2.31. The molecule has 4 heterocycles. The van der Waals surface area contributed by atoms with Crippen LogP contribution in [0.25, 0.3) is 16.7 Å². The maximum Gasteiger partial charge on any atom is 0.326 e. The van der Waals surface area contributed by atoms with E-state index in [0.717, 1.165) is 16.9 Å². The maximum atomic E-state index is 13.6. The molecular formula is C34H44N8O5. The minimum absolute atomic E-state index is 0.0903. The van der Waals surface area contributed by atoms with Gasteiger partial charge in [-0.2, -0.15) is 0 Å². The molecule has 1 aliphatic rings. The fraction of sp³-hybridized carbons (Fsp3) is 0.471. The summed E-state index contributed by atoms with van der Waals surface area (Å²) < 4.78 is 3.47. The van der Waals surface area contributed by atoms with E-state index < -0.39 is 6.04 Å². The van der Waals surface area contributed by atoms with E-state index in [4.69, 9.17) is 0 Å². The van der Waals surface area contributed by atoms with Crippen LogP contribution in [0.4, 0.5) is 0 Å². The first-order valence-electron chi connectivity index (χ1n) is 16.4. The molecule has 0 spiro atoms. The van der Waals surface area contributed by atoms with Crippen molar-refractivity contribution in [2.24, 2.45) is 5.92 Å². The molecule has 0 fully saturated rings. The fourth-order valence-corrected chi connectivity index (χ4v) is 5.99. The minimum Gasteiger partial charge on any atom is -0.354 e. The van der Waals surface area contributed by atoms with Gasteiger partial charge in [0.05, 0.1) is 23.1 Å². The lowest BCUT2D eigenvalue weighted by molar-refractivity contribution is -0.131. The van der Waals surface area contributed by atoms with Crippen molar-refractivity contribution < 1.29 is 19.2 Å². The number of imidazole rings is 2. The number of H-pyrrole nitrogens is 1. The summed E-state index contributed by atoms with van der Waals surface area (Å²) >= 11 is 0. The average molecular weight is 645 g/mol. The molecule has 4 amide bonds. The van der Waals surface area contributed by atoms with Crippen molar-refractivity contribution in [3.63, 3.8) is 0 Å². The van der Waals surface area contributed by atoms with Gasteiger partial charge in [0.2, 0.25) is 17.7 Å². The summed E-state index contributed by atoms with van der Waals surface area (Å²) in [6, 6.07) is 8.25. The lowest BCUT2D eigenvalue weighted by Gasteiger charge is -2.25. The highest BCUT2D eigenvalue weighted by molar-refractivity contribution is 5.97. The molecule has 0 aliphatic carbocycles. The number of fused-ring (bicyclic) bond motifs is 2. The Morgan fingerprint density at radius 2 is 1.79 bits per heavy atom. The third-order valence-corrected chi connectivity index (χ3v) is 8.92. The molecule has 2 bridgehead atoms. The zero-order valence-corrected chi connectivity index (χ0v) is 27.3. The van der Waals surface area contributed by atoms with Crippen molar-refractivity contribution >= 4 is 40.3 Å². The molecule has 0 unspecified atom stereocenters. The Bertz CT molecular complexity index is 1820. The Balaban J connectivity index is 1.35. The van der Waals surface area contributed by atoms with Crippen LogP contribution >= 0.6 is 0 Å². The van der Waals surface area contributed by atoms with Gasteiger partial charge in [-0.1, -0.05) is 26.3 Å². The third-order valence-electron chi connectivity index (χ3n) is 8.92. The number of benzene rings is 1. The SMILES string of the molecule is CC[C@H](C)[C@@H]1NC(=O)CCCN(C(=O)Cc2cnc3c(C)cccn23)CCCNC(=O)c2ccc3[nH]c(=O)n(c3c2)CCCNC1=O. The molecule has 4 N–H and O–H groups in total. The summed E-state index contributed by atoms with van der Waals surface area (Å²) in [4.78, 5) is 74.6. The molecule has 47 heavy (non-hydrogen) atoms. The molecule has 5 rings (SSSR count). The normalized spacial score (nSPS) is 18.4. The fourth-order valence-electron chi connectivity index (χ4n) is 5.99. The van der Waals surface area contributed by atoms with E-state index in [-0.39, 0.29) is 48.1 Å². The average Bonchev–Trinajstić information content (AvgIpc) is 3.61. The van der Waals surface area contributed by atoms with Crippen LogP contribution in [-0.4, -0.2) is 79.7 Å². The van der Waals surface area contributed by atoms with Crippen LogP contribution in [0.1, 0.15) is 67.6 Å². The van der Waals surface area contributed by atoms with Crippen LogP contribution < -0.4 is 21.6 Å². The number of hydrogen-bond donors (Lipinski definition) is 4. The van der Waals surface area contributed by atoms with Crippen LogP contribution in [0.5, 0.6) is 0 Å². The van der Waals surface area contributed by atoms with Gasteiger partial charge in [-0.25, -0.2) is 9.78 Å². The van der Waals surface area contributed by atoms with Crippen molar-refractivity contribution in [2.75, 3.05) is 26.2 Å². The van der Waals surface area contributed by atoms with Crippen LogP contribution in [-0.2, 0) is 27.3 Å². The monoisotopic (exact) mass is 644 g/mol. The van der Waals surface area contributed by atoms with Gasteiger partial charge in [-0.15, -0.1) is 0 Å². The van der Waals surface area contributed by atoms with Gasteiger partial charge in [0.15, 0.2) is 0 Å². The number of carbonyl (C=O) groups excluding carboxylic acids is 4. The molecule has 0 saturated carbocycles. The number of aromatic amines is 1. The molecule has 4 aromatic rings. The summed E-state index contributed by atoms with van der Waals surface area (Å²) in [7, 11) is 0. The third kappa shape index (κ3) is 7.90. The summed E-state index contributed by atoms with van der Waals surface area (Å²) in [5.41, 5.74) is 3.91. The van der Waals surface area contributed by atoms with E-state index in [2.05, 4.69) is 25.9 Å². The predicted molar refractivity (Wildman–Crippen MR) is 178 cm³/mol. The standard InChI is InChI=1S/C34H44N8O5/c1-4-22(2)30-33(46)36-14-8-18-42-27-19-24(11-12-26(27)38-34(42)47)32(45)35-13-7-16-40(15-6-10-28(43)39-30)29(44)20-25-21-37-31-23(3)9-5-17-41(25)31/h5,9,11-12,17,19,21-22,30H,4,6-8,10,13-16,18,20H2,1-3H3,(H,35,45)(H,36,46)(H,38,47)(H,39,43)/t22-,30-/m0/s1. The van der Waals surface area contributed by atoms with Crippen molar-refractivity contribution in [1.29, 1.82) is 0 Å². The first-order chi connectivity index (χ1) is 22.7. The zero-order valence-electron chi connectivity index (χ0n) is 27.3. The Labute approximate surface area is 273 Å². The van der Waals surface area contributed by atoms with Crippen LogP contribution in [0.2, 0.25) is 0 Å². The van der Waals surface area contributed by atoms with E-state index in [1.807, 2.05) is 43.5 Å². The lowest BCUT2D eigenvalue weighted by Crippen LogP contribution is -2.50. The second-order valence-electron chi connectivity index (χ2n) is 12.3. The summed E-state index contributed by atoms with van der Waals surface area (Å²) in [6.45, 7) is 7.57. The van der Waals surface area contributed by atoms with Gasteiger partial charge in [0.25, 0.3) is 5.91 Å². The highest BCUT2D eigenvalue weighted by Gasteiger charge is 2.26. The van der Waals surface area contributed by atoms with Crippen molar-refractivity contribution in [1.82, 2.24) is 39.8 Å². The number of hydrogen-bond acceptors (Lipinski definition) is 6. The number of pyridine rings is 1. The molecule has 250 valence electrons. The first-order valence-corrected chi connectivity index (χ1v) is 16.4. The molecule has 1 aliphatic heterocycles. The Hall–Kier alpha value is -4.94. The molecule has 0 radical (unpaired) electrons. The van der Waals surface area contributed by atoms with Crippen LogP contribution in [0, 0.1) is 12.8 Å². The van der Waals surface area contributed by atoms with Gasteiger partial charge in [0.1, 0.15) is 11.7 Å². The number of rotatable bonds is 4. The molecule has 3 aromatic heterocycles. The van der Waals surface area contributed by atoms with Crippen LogP contribution in [0.3, 0.4) is 0 Å². The number of amides is 4. The number of nitrogens with zero attached hydrogens (tertiary/aromatic N) is 4. The molecule has 1 aromatic carbocycles. The van der Waals surface area contributed by atoms with Gasteiger partial charge in [-0.05, 0) is 61.9 Å². The largest absolute Gasteiger partial charge is 0.354 e. The molecule has 0 saturated heterocycles. The Morgan fingerprint density at radius 1 is 1.02 bits per heavy atom. The number of nitrogens with one attached hydrogen (secondary N) is 4. The van der Waals surface area contributed by atoms with E-state index in [9.17, 15) is 24.0 Å². The molecule has 2 atom stereocenters. The number of carbonyl (C=O) groups is 4. The number of aromatic nitrogens is 4. The maximum absolute atomic E-state index is 13.6. The van der Waals surface area contributed by atoms with Gasteiger partial charge < -0.3 is 30.2 Å². The van der Waals surface area contributed by atoms with Gasteiger partial charge >= 0.3 is 5.69 Å². The highest BCUT2D eigenvalue weighted by Crippen LogP contribution is 2.15. The van der Waals surface area contributed by atoms with E-state index >= 15 is 0 Å². The van der Waals surface area contributed by atoms with Crippen molar-refractivity contribution in [3.05, 3.63) is 70.0 Å². The van der Waals surface area contributed by atoms with E-state index in [0.29, 0.717) is 75.0 Å². The molecule has 13 heteroatoms. The summed E-state index contributed by atoms with van der Waals surface area (Å²) in [5.74, 6) is -1.01. The van der Waals surface area contributed by atoms with Crippen molar-refractivity contribution in [3.8, 4) is 0 Å². The van der Waals surface area contributed by atoms with E-state index in [1.54, 1.807) is 33.9 Å². The smallest absolute Gasteiger partial charge is 0.326 e. The van der Waals surface area contributed by atoms with Gasteiger partial charge in [0, 0.05) is 57.1 Å². The summed E-state index contributed by atoms with van der Waals surface area (Å²) in [6.07, 6.45) is 5.98. The Kier molecular flexibility index (Phi) is 10.7. The lowest BCUT2D eigenvalue weighted by atomic mass is 9.98. The van der Waals surface area contributed by atoms with E-state index in [1.165, 1.54) is 0 Å². The zero-order chi connectivity index (χ0) is 33.5. The molecule has 13 nitrogen and oxygen atoms in total. The topological polar surface area (TPSA) is 163 Å². The minimum atomic E-state index is -0.701. The van der Waals surface area contributed by atoms with Crippen LogP contribution in [0.15, 0.2) is 47.5 Å².